The number of nitrogens with zero attached hydrogens (tertiary/aromatic N) is 4. The third kappa shape index (κ3) is 5.29. The number of carbonyl (C=O) groups is 1. The van der Waals surface area contributed by atoms with Crippen LogP contribution in [-0.4, -0.2) is 57.1 Å². The highest BCUT2D eigenvalue weighted by Crippen LogP contribution is 2.44. The van der Waals surface area contributed by atoms with Crippen molar-refractivity contribution >= 4 is 37.1 Å². The lowest BCUT2D eigenvalue weighted by atomic mass is 10.1. The van der Waals surface area contributed by atoms with Crippen LogP contribution in [0.1, 0.15) is 40.3 Å². The van der Waals surface area contributed by atoms with E-state index in [4.69, 9.17) is 19.7 Å². The van der Waals surface area contributed by atoms with E-state index in [1.807, 2.05) is 6.92 Å². The summed E-state index contributed by atoms with van der Waals surface area (Å²) >= 11 is 0. The Labute approximate surface area is 185 Å². The molecule has 0 saturated carbocycles. The fraction of sp³-hybridized carbons (Fsp3) is 0.667. The fourth-order valence-corrected chi connectivity index (χ4v) is 4.22. The van der Waals surface area contributed by atoms with Gasteiger partial charge in [0.1, 0.15) is 12.3 Å². The zero-order chi connectivity index (χ0) is 23.6. The van der Waals surface area contributed by atoms with Gasteiger partial charge in [0.25, 0.3) is 0 Å². The third-order valence-electron chi connectivity index (χ3n) is 4.80. The second-order valence-electron chi connectivity index (χ2n) is 7.94. The topological polar surface area (TPSA) is 156 Å². The first kappa shape index (κ1) is 24.2. The number of rotatable bonds is 9. The second kappa shape index (κ2) is 9.57. The van der Waals surface area contributed by atoms with Crippen LogP contribution in [0.5, 0.6) is 0 Å². The normalized spacial score (nSPS) is 24.7. The number of aromatic nitrogens is 4. The molecule has 1 unspecified atom stereocenters. The zero-order valence-corrected chi connectivity index (χ0v) is 19.4. The van der Waals surface area contributed by atoms with E-state index in [2.05, 4.69) is 25.4 Å². The van der Waals surface area contributed by atoms with E-state index in [0.29, 0.717) is 17.0 Å². The van der Waals surface area contributed by atoms with Gasteiger partial charge in [0, 0.05) is 19.4 Å². The molecule has 1 fully saturated rings. The van der Waals surface area contributed by atoms with Crippen molar-refractivity contribution in [2.24, 2.45) is 5.92 Å². The van der Waals surface area contributed by atoms with Gasteiger partial charge in [-0.15, -0.1) is 4.52 Å². The molecule has 3 rings (SSSR count). The number of fused-ring (bicyclic) bond motifs is 1. The van der Waals surface area contributed by atoms with Gasteiger partial charge >= 0.3 is 14.1 Å². The molecule has 5 atom stereocenters. The number of esters is 1. The second-order valence-corrected chi connectivity index (χ2v) is 8.97. The molecule has 0 spiro atoms. The fourth-order valence-electron chi connectivity index (χ4n) is 3.42. The Hall–Kier alpha value is -2.47. The Morgan fingerprint density at radius 1 is 1.47 bits per heavy atom. The molecule has 0 aromatic carbocycles. The average molecular weight is 472 g/mol. The molecule has 176 valence electrons. The Morgan fingerprint density at radius 2 is 2.19 bits per heavy atom. The lowest BCUT2D eigenvalue weighted by Crippen LogP contribution is -2.34. The van der Waals surface area contributed by atoms with Crippen molar-refractivity contribution in [2.75, 3.05) is 24.7 Å². The van der Waals surface area contributed by atoms with Crippen molar-refractivity contribution in [3.05, 3.63) is 6.33 Å². The van der Waals surface area contributed by atoms with E-state index >= 15 is 4.39 Å². The minimum Gasteiger partial charge on any atom is -0.462 e. The van der Waals surface area contributed by atoms with Gasteiger partial charge in [0.05, 0.1) is 12.4 Å². The number of nitrogens with one attached hydrogen (secondary N) is 2. The molecule has 1 saturated heterocycles. The molecular weight excluding hydrogens is 444 g/mol. The maximum Gasteiger partial charge on any atom is 0.614 e. The first-order valence-electron chi connectivity index (χ1n) is 10.1. The molecule has 4 N–H and O–H groups in total. The maximum atomic E-state index is 15.4. The van der Waals surface area contributed by atoms with Gasteiger partial charge in [-0.25, -0.2) is 9.37 Å². The molecule has 0 aliphatic carbocycles. The van der Waals surface area contributed by atoms with E-state index in [-0.39, 0.29) is 24.4 Å². The Morgan fingerprint density at radius 3 is 2.84 bits per heavy atom. The molecule has 2 aromatic heterocycles. The lowest BCUT2D eigenvalue weighted by Gasteiger charge is -2.19. The first-order valence-corrected chi connectivity index (χ1v) is 11.3. The van der Waals surface area contributed by atoms with Crippen LogP contribution < -0.4 is 16.1 Å². The highest BCUT2D eigenvalue weighted by Gasteiger charge is 2.49. The summed E-state index contributed by atoms with van der Waals surface area (Å²) in [6.45, 7) is 6.10. The Bertz CT molecular complexity index is 1010. The van der Waals surface area contributed by atoms with Crippen LogP contribution in [0.4, 0.5) is 16.2 Å². The highest BCUT2D eigenvalue weighted by molar-refractivity contribution is 7.36. The summed E-state index contributed by atoms with van der Waals surface area (Å²) in [6, 6.07) is -0.878. The van der Waals surface area contributed by atoms with Gasteiger partial charge < -0.3 is 20.5 Å². The zero-order valence-electron chi connectivity index (χ0n) is 18.5. The van der Waals surface area contributed by atoms with Crippen LogP contribution in [-0.2, 0) is 23.4 Å². The number of hydrogen-bond donors (Lipinski definition) is 3. The van der Waals surface area contributed by atoms with Crippen molar-refractivity contribution in [3.8, 4) is 0 Å². The number of alkyl halides is 1. The number of nitrogens with two attached hydrogens (primary N) is 1. The maximum absolute atomic E-state index is 15.4. The number of ether oxygens (including phenoxy) is 2. The molecule has 0 bridgehead atoms. The third-order valence-corrected chi connectivity index (χ3v) is 5.76. The predicted octanol–water partition coefficient (Wildman–Crippen LogP) is 2.27. The smallest absolute Gasteiger partial charge is 0.462 e. The van der Waals surface area contributed by atoms with Gasteiger partial charge in [0.2, 0.25) is 11.8 Å². The van der Waals surface area contributed by atoms with Crippen LogP contribution in [0.3, 0.4) is 0 Å². The first-order chi connectivity index (χ1) is 15.0. The van der Waals surface area contributed by atoms with Crippen LogP contribution in [0.15, 0.2) is 6.33 Å². The van der Waals surface area contributed by atoms with Crippen molar-refractivity contribution in [2.45, 2.75) is 58.3 Å². The molecule has 0 radical (unpaired) electrons. The largest absolute Gasteiger partial charge is 0.614 e. The molecule has 32 heavy (non-hydrogen) atoms. The van der Waals surface area contributed by atoms with Gasteiger partial charge in [-0.1, -0.05) is 12.0 Å². The number of halogens is 1. The van der Waals surface area contributed by atoms with Crippen LogP contribution in [0.2, 0.25) is 0 Å². The summed E-state index contributed by atoms with van der Waals surface area (Å²) in [5.74, 6) is -2.57. The number of carbonyl (C=O) groups excluding carboxylic acids is 1. The van der Waals surface area contributed by atoms with Crippen molar-refractivity contribution in [1.82, 2.24) is 24.6 Å². The monoisotopic (exact) mass is 472 g/mol. The van der Waals surface area contributed by atoms with E-state index in [9.17, 15) is 9.36 Å². The summed E-state index contributed by atoms with van der Waals surface area (Å²) in [7, 11) is -0.846. The van der Waals surface area contributed by atoms with E-state index in [1.165, 1.54) is 13.3 Å². The lowest BCUT2D eigenvalue weighted by molar-refractivity contribution is -0.172. The van der Waals surface area contributed by atoms with E-state index < -0.39 is 38.9 Å². The average Bonchev–Trinajstić information content (AvgIpc) is 3.25. The van der Waals surface area contributed by atoms with Crippen LogP contribution in [0, 0.1) is 5.92 Å². The Balaban J connectivity index is 1.65. The van der Waals surface area contributed by atoms with Gasteiger partial charge in [0.15, 0.2) is 23.6 Å². The minimum atomic E-state index is -2.52. The van der Waals surface area contributed by atoms with Crippen molar-refractivity contribution in [1.29, 1.82) is 0 Å². The number of hydrogen-bond acceptors (Lipinski definition) is 10. The molecule has 2 aromatic rings. The summed E-state index contributed by atoms with van der Waals surface area (Å²) in [4.78, 5) is 24.4. The molecule has 3 heterocycles. The SMILES string of the molecule is CNc1nc(N)nc2c1ncn2[C@@H]1O[C@](F)(CO[P+](=O)N[C@@H](C)C(=O)OC(C)C)C[C@@H]1C. The van der Waals surface area contributed by atoms with Gasteiger partial charge in [-0.05, 0) is 25.3 Å². The minimum absolute atomic E-state index is 0.00902. The Kier molecular flexibility index (Phi) is 7.23. The standard InChI is InChI=1S/C18H28FN7O5P/c1-9(2)30-16(27)11(4)25-32(28)29-7-18(19)6-10(3)15(31-18)26-8-22-12-13(21-5)23-17(20)24-14(12)26/h8-11,15H,6-7H2,1-5H3,(H,25,28)(H3,20,21,23,24)/q+1/t10-,11-,15+,18-/m0/s1. The molecular formula is C18H28FN7O5P+. The van der Waals surface area contributed by atoms with Crippen molar-refractivity contribution in [3.63, 3.8) is 0 Å². The van der Waals surface area contributed by atoms with Gasteiger partial charge in [-0.3, -0.25) is 9.36 Å². The number of anilines is 2. The predicted molar refractivity (Wildman–Crippen MR) is 114 cm³/mol. The molecule has 12 nitrogen and oxygen atoms in total. The molecule has 1 aliphatic rings. The number of nitrogen functional groups attached to an aromatic ring is 1. The van der Waals surface area contributed by atoms with E-state index in [1.54, 1.807) is 25.5 Å². The van der Waals surface area contributed by atoms with Gasteiger partial charge in [-0.2, -0.15) is 9.97 Å². The summed E-state index contributed by atoms with van der Waals surface area (Å²) in [5, 5.41) is 5.35. The summed E-state index contributed by atoms with van der Waals surface area (Å²) in [5.41, 5.74) is 6.64. The summed E-state index contributed by atoms with van der Waals surface area (Å²) in [6.07, 6.45) is 0.426. The highest BCUT2D eigenvalue weighted by atomic mass is 31.1. The summed E-state index contributed by atoms with van der Waals surface area (Å²) < 4.78 is 44.9. The van der Waals surface area contributed by atoms with Crippen LogP contribution >= 0.6 is 8.18 Å². The quantitative estimate of drug-likeness (QED) is 0.363. The molecule has 14 heteroatoms. The van der Waals surface area contributed by atoms with Crippen molar-refractivity contribution < 1.29 is 27.7 Å². The molecule has 0 amide bonds. The number of imidazole rings is 1. The van der Waals surface area contributed by atoms with Crippen LogP contribution in [0.25, 0.3) is 11.2 Å². The van der Waals surface area contributed by atoms with E-state index in [0.717, 1.165) is 0 Å². The molecule has 1 aliphatic heterocycles.